The minimum Gasteiger partial charge on any atom is -0.406 e. The number of alkyl halides is 3. The Kier molecular flexibility index (Phi) is 5.40. The van der Waals surface area contributed by atoms with Gasteiger partial charge in [0, 0.05) is 5.69 Å². The van der Waals surface area contributed by atoms with Crippen molar-refractivity contribution in [2.45, 2.75) is 6.36 Å². The van der Waals surface area contributed by atoms with Gasteiger partial charge in [0.1, 0.15) is 17.3 Å². The van der Waals surface area contributed by atoms with E-state index in [1.54, 1.807) is 30.3 Å². The van der Waals surface area contributed by atoms with Crippen molar-refractivity contribution in [3.63, 3.8) is 0 Å². The highest BCUT2D eigenvalue weighted by atomic mass is 19.4. The fraction of sp³-hybridized carbons (Fsp3) is 0.0435. The molecule has 0 aliphatic carbocycles. The molecule has 4 rings (SSSR count). The third-order valence-electron chi connectivity index (χ3n) is 4.57. The number of nitrogens with one attached hydrogen (secondary N) is 1. The normalized spacial score (nSPS) is 14.2. The number of benzene rings is 3. The van der Waals surface area contributed by atoms with Crippen LogP contribution in [0.5, 0.6) is 5.75 Å². The molecule has 0 atom stereocenters. The van der Waals surface area contributed by atoms with Crippen LogP contribution in [0, 0.1) is 5.82 Å². The molecule has 3 aromatic rings. The largest absolute Gasteiger partial charge is 0.573 e. The SMILES string of the molecule is O=C1C(Nc2cccc(F)c2)=C(c2ccccc2)C(=O)N1c1ccc(OC(F)(F)F)cc1. The van der Waals surface area contributed by atoms with Gasteiger partial charge < -0.3 is 10.1 Å². The molecular weight excluding hydrogens is 428 g/mol. The quantitative estimate of drug-likeness (QED) is 0.440. The number of halogens is 4. The van der Waals surface area contributed by atoms with Crippen LogP contribution in [0.4, 0.5) is 28.9 Å². The zero-order chi connectivity index (χ0) is 22.9. The lowest BCUT2D eigenvalue weighted by Crippen LogP contribution is -2.32. The van der Waals surface area contributed by atoms with Crippen LogP contribution in [-0.4, -0.2) is 18.2 Å². The summed E-state index contributed by atoms with van der Waals surface area (Å²) in [6.07, 6.45) is -4.87. The second-order valence-corrected chi connectivity index (χ2v) is 6.74. The van der Waals surface area contributed by atoms with Crippen molar-refractivity contribution in [2.24, 2.45) is 0 Å². The van der Waals surface area contributed by atoms with Crippen molar-refractivity contribution in [1.82, 2.24) is 0 Å². The van der Waals surface area contributed by atoms with Crippen LogP contribution in [0.15, 0.2) is 84.6 Å². The van der Waals surface area contributed by atoms with Gasteiger partial charge in [0.2, 0.25) is 0 Å². The summed E-state index contributed by atoms with van der Waals surface area (Å²) in [5.74, 6) is -2.44. The van der Waals surface area contributed by atoms with Crippen LogP contribution in [0.2, 0.25) is 0 Å². The van der Waals surface area contributed by atoms with E-state index in [0.717, 1.165) is 17.0 Å². The molecule has 162 valence electrons. The van der Waals surface area contributed by atoms with Gasteiger partial charge in [0.15, 0.2) is 0 Å². The van der Waals surface area contributed by atoms with Crippen molar-refractivity contribution in [1.29, 1.82) is 0 Å². The topological polar surface area (TPSA) is 58.6 Å². The number of hydrogen-bond donors (Lipinski definition) is 1. The maximum Gasteiger partial charge on any atom is 0.573 e. The molecule has 1 heterocycles. The predicted molar refractivity (Wildman–Crippen MR) is 109 cm³/mol. The number of anilines is 2. The van der Waals surface area contributed by atoms with Gasteiger partial charge in [-0.15, -0.1) is 13.2 Å². The minimum atomic E-state index is -4.87. The second kappa shape index (κ2) is 8.18. The zero-order valence-corrected chi connectivity index (χ0v) is 16.2. The van der Waals surface area contributed by atoms with E-state index in [4.69, 9.17) is 0 Å². The van der Waals surface area contributed by atoms with Gasteiger partial charge in [-0.25, -0.2) is 9.29 Å². The first-order chi connectivity index (χ1) is 15.2. The van der Waals surface area contributed by atoms with Crippen LogP contribution >= 0.6 is 0 Å². The summed E-state index contributed by atoms with van der Waals surface area (Å²) in [5.41, 5.74) is 0.728. The lowest BCUT2D eigenvalue weighted by atomic mass is 10.0. The molecule has 0 fully saturated rings. The summed E-state index contributed by atoms with van der Waals surface area (Å²) < 4.78 is 54.7. The van der Waals surface area contributed by atoms with Crippen molar-refractivity contribution in [3.8, 4) is 5.75 Å². The van der Waals surface area contributed by atoms with Crippen LogP contribution in [0.1, 0.15) is 5.56 Å². The summed E-state index contributed by atoms with van der Waals surface area (Å²) in [7, 11) is 0. The Morgan fingerprint density at radius 1 is 0.812 bits per heavy atom. The Morgan fingerprint density at radius 3 is 2.12 bits per heavy atom. The number of nitrogens with zero attached hydrogens (tertiary/aromatic N) is 1. The Hall–Kier alpha value is -4.14. The van der Waals surface area contributed by atoms with E-state index < -0.39 is 29.7 Å². The highest BCUT2D eigenvalue weighted by molar-refractivity contribution is 6.46. The Bertz CT molecular complexity index is 1210. The smallest absolute Gasteiger partial charge is 0.406 e. The highest BCUT2D eigenvalue weighted by Crippen LogP contribution is 2.35. The summed E-state index contributed by atoms with van der Waals surface area (Å²) in [6, 6.07) is 18.1. The van der Waals surface area contributed by atoms with Gasteiger partial charge >= 0.3 is 6.36 Å². The molecule has 0 aromatic heterocycles. The monoisotopic (exact) mass is 442 g/mol. The average molecular weight is 442 g/mol. The maximum atomic E-state index is 13.6. The lowest BCUT2D eigenvalue weighted by Gasteiger charge is -2.16. The van der Waals surface area contributed by atoms with Gasteiger partial charge in [-0.1, -0.05) is 36.4 Å². The van der Waals surface area contributed by atoms with E-state index in [0.29, 0.717) is 5.56 Å². The van der Waals surface area contributed by atoms with Crippen LogP contribution in [0.3, 0.4) is 0 Å². The third-order valence-corrected chi connectivity index (χ3v) is 4.57. The maximum absolute atomic E-state index is 13.6. The van der Waals surface area contributed by atoms with Crippen LogP contribution in [-0.2, 0) is 9.59 Å². The molecule has 0 bridgehead atoms. The molecule has 5 nitrogen and oxygen atoms in total. The molecular formula is C23H14F4N2O3. The first-order valence-electron chi connectivity index (χ1n) is 9.30. The van der Waals surface area contributed by atoms with Gasteiger partial charge in [-0.3, -0.25) is 9.59 Å². The average Bonchev–Trinajstić information content (AvgIpc) is 2.98. The first kappa shape index (κ1) is 21.1. The molecule has 9 heteroatoms. The molecule has 1 aliphatic heterocycles. The van der Waals surface area contributed by atoms with E-state index in [9.17, 15) is 27.2 Å². The molecule has 0 radical (unpaired) electrons. The molecule has 0 spiro atoms. The van der Waals surface area contributed by atoms with Crippen molar-refractivity contribution in [2.75, 3.05) is 10.2 Å². The number of carbonyl (C=O) groups is 2. The van der Waals surface area contributed by atoms with Gasteiger partial charge in [0.25, 0.3) is 11.8 Å². The van der Waals surface area contributed by atoms with E-state index in [1.165, 1.54) is 36.4 Å². The lowest BCUT2D eigenvalue weighted by molar-refractivity contribution is -0.274. The van der Waals surface area contributed by atoms with Crippen molar-refractivity contribution < 1.29 is 31.9 Å². The minimum absolute atomic E-state index is 0.0514. The Morgan fingerprint density at radius 2 is 1.50 bits per heavy atom. The number of ether oxygens (including phenoxy) is 1. The molecule has 1 N–H and O–H groups in total. The van der Waals surface area contributed by atoms with E-state index in [-0.39, 0.29) is 22.6 Å². The summed E-state index contributed by atoms with van der Waals surface area (Å²) in [6.45, 7) is 0. The summed E-state index contributed by atoms with van der Waals surface area (Å²) in [5, 5.41) is 2.81. The summed E-state index contributed by atoms with van der Waals surface area (Å²) in [4.78, 5) is 27.2. The van der Waals surface area contributed by atoms with Crippen LogP contribution in [0.25, 0.3) is 5.57 Å². The molecule has 0 saturated carbocycles. The molecule has 32 heavy (non-hydrogen) atoms. The zero-order valence-electron chi connectivity index (χ0n) is 16.2. The van der Waals surface area contributed by atoms with Gasteiger partial charge in [-0.05, 0) is 48.0 Å². The van der Waals surface area contributed by atoms with E-state index in [2.05, 4.69) is 10.1 Å². The molecule has 0 saturated heterocycles. The highest BCUT2D eigenvalue weighted by Gasteiger charge is 2.40. The molecule has 2 amide bonds. The second-order valence-electron chi connectivity index (χ2n) is 6.74. The first-order valence-corrected chi connectivity index (χ1v) is 9.30. The Labute approximate surface area is 179 Å². The predicted octanol–water partition coefficient (Wildman–Crippen LogP) is 5.12. The molecule has 0 unspecified atom stereocenters. The summed E-state index contributed by atoms with van der Waals surface area (Å²) >= 11 is 0. The fourth-order valence-electron chi connectivity index (χ4n) is 3.26. The van der Waals surface area contributed by atoms with E-state index >= 15 is 0 Å². The van der Waals surface area contributed by atoms with Crippen molar-refractivity contribution >= 4 is 28.8 Å². The number of carbonyl (C=O) groups excluding carboxylic acids is 2. The van der Waals surface area contributed by atoms with Gasteiger partial charge in [0.05, 0.1) is 11.3 Å². The molecule has 3 aromatic carbocycles. The number of amides is 2. The number of imide groups is 1. The molecule has 1 aliphatic rings. The standard InChI is InChI=1S/C23H14F4N2O3/c24-15-7-4-8-16(13-15)28-20-19(14-5-2-1-3-6-14)21(30)29(22(20)31)17-9-11-18(12-10-17)32-23(25,26)27/h1-13,28H. The van der Waals surface area contributed by atoms with E-state index in [1.807, 2.05) is 0 Å². The van der Waals surface area contributed by atoms with Crippen LogP contribution < -0.4 is 15.0 Å². The number of rotatable bonds is 5. The third kappa shape index (κ3) is 4.31. The fourth-order valence-corrected chi connectivity index (χ4v) is 3.26. The van der Waals surface area contributed by atoms with Gasteiger partial charge in [-0.2, -0.15) is 0 Å². The number of hydrogen-bond acceptors (Lipinski definition) is 4. The Balaban J connectivity index is 1.72. The van der Waals surface area contributed by atoms with Crippen molar-refractivity contribution in [3.05, 3.63) is 95.9 Å².